The van der Waals surface area contributed by atoms with Crippen molar-refractivity contribution in [1.29, 1.82) is 0 Å². The lowest BCUT2D eigenvalue weighted by atomic mass is 9.76. The minimum atomic E-state index is -0.152. The third kappa shape index (κ3) is 2.39. The van der Waals surface area contributed by atoms with Crippen LogP contribution < -0.4 is 11.3 Å². The molecule has 0 radical (unpaired) electrons. The van der Waals surface area contributed by atoms with E-state index in [0.717, 1.165) is 5.56 Å². The Labute approximate surface area is 107 Å². The van der Waals surface area contributed by atoms with E-state index in [1.165, 1.54) is 11.9 Å². The minimum Gasteiger partial charge on any atom is -0.271 e. The van der Waals surface area contributed by atoms with Crippen molar-refractivity contribution in [2.24, 2.45) is 5.84 Å². The Morgan fingerprint density at radius 3 is 2.28 bits per heavy atom. The van der Waals surface area contributed by atoms with Crippen molar-refractivity contribution < 1.29 is 0 Å². The molecule has 1 aromatic heterocycles. The van der Waals surface area contributed by atoms with Crippen molar-refractivity contribution in [3.8, 4) is 0 Å². The molecule has 0 amide bonds. The summed E-state index contributed by atoms with van der Waals surface area (Å²) in [5, 5.41) is 0. The zero-order valence-corrected chi connectivity index (χ0v) is 10.7. The van der Waals surface area contributed by atoms with Gasteiger partial charge < -0.3 is 0 Å². The molecule has 94 valence electrons. The van der Waals surface area contributed by atoms with Crippen LogP contribution in [-0.4, -0.2) is 9.97 Å². The van der Waals surface area contributed by atoms with Crippen LogP contribution in [-0.2, 0) is 5.41 Å². The Morgan fingerprint density at radius 2 is 1.72 bits per heavy atom. The van der Waals surface area contributed by atoms with Gasteiger partial charge in [0.25, 0.3) is 0 Å². The molecule has 0 saturated carbocycles. The first-order valence-corrected chi connectivity index (χ1v) is 5.93. The number of aromatic nitrogens is 2. The van der Waals surface area contributed by atoms with E-state index < -0.39 is 0 Å². The van der Waals surface area contributed by atoms with E-state index in [1.807, 2.05) is 18.2 Å². The van der Waals surface area contributed by atoms with Gasteiger partial charge in [0, 0.05) is 23.4 Å². The molecule has 0 bridgehead atoms. The highest BCUT2D eigenvalue weighted by atomic mass is 15.2. The SMILES string of the molecule is CC(C)(c1ccccc1)C(NN)c1cncnc1. The summed E-state index contributed by atoms with van der Waals surface area (Å²) in [7, 11) is 0. The number of nitrogens with two attached hydrogens (primary N) is 1. The fourth-order valence-corrected chi connectivity index (χ4v) is 2.22. The first-order valence-electron chi connectivity index (χ1n) is 5.93. The number of benzene rings is 1. The minimum absolute atomic E-state index is 0.0406. The standard InChI is InChI=1S/C14H18N4/c1-14(2,12-6-4-3-5-7-12)13(18-15)11-8-16-10-17-9-11/h3-10,13,18H,15H2,1-2H3. The summed E-state index contributed by atoms with van der Waals surface area (Å²) >= 11 is 0. The van der Waals surface area contributed by atoms with Gasteiger partial charge >= 0.3 is 0 Å². The second kappa shape index (κ2) is 5.25. The van der Waals surface area contributed by atoms with Crippen LogP contribution in [0.4, 0.5) is 0 Å². The second-order valence-electron chi connectivity index (χ2n) is 4.86. The van der Waals surface area contributed by atoms with Crippen molar-refractivity contribution in [3.63, 3.8) is 0 Å². The predicted octanol–water partition coefficient (Wildman–Crippen LogP) is 1.96. The molecule has 0 aliphatic carbocycles. The largest absolute Gasteiger partial charge is 0.271 e. The van der Waals surface area contributed by atoms with Gasteiger partial charge in [0.1, 0.15) is 6.33 Å². The van der Waals surface area contributed by atoms with Crippen molar-refractivity contribution in [2.75, 3.05) is 0 Å². The number of rotatable bonds is 4. The van der Waals surface area contributed by atoms with E-state index in [4.69, 9.17) is 5.84 Å². The van der Waals surface area contributed by atoms with Crippen LogP contribution in [0, 0.1) is 0 Å². The summed E-state index contributed by atoms with van der Waals surface area (Å²) in [5.74, 6) is 5.72. The molecule has 4 nitrogen and oxygen atoms in total. The molecule has 2 aromatic rings. The third-order valence-electron chi connectivity index (χ3n) is 3.32. The third-order valence-corrected chi connectivity index (χ3v) is 3.32. The van der Waals surface area contributed by atoms with E-state index in [2.05, 4.69) is 41.4 Å². The number of nitrogens with one attached hydrogen (secondary N) is 1. The average molecular weight is 242 g/mol. The molecule has 0 aliphatic heterocycles. The van der Waals surface area contributed by atoms with Crippen molar-refractivity contribution in [1.82, 2.24) is 15.4 Å². The van der Waals surface area contributed by atoms with E-state index in [0.29, 0.717) is 0 Å². The van der Waals surface area contributed by atoms with Gasteiger partial charge in [0.05, 0.1) is 6.04 Å². The summed E-state index contributed by atoms with van der Waals surface area (Å²) in [5.41, 5.74) is 4.92. The summed E-state index contributed by atoms with van der Waals surface area (Å²) in [6.07, 6.45) is 5.11. The topological polar surface area (TPSA) is 63.8 Å². The van der Waals surface area contributed by atoms with E-state index in [-0.39, 0.29) is 11.5 Å². The van der Waals surface area contributed by atoms with Crippen molar-refractivity contribution in [2.45, 2.75) is 25.3 Å². The van der Waals surface area contributed by atoms with Gasteiger partial charge in [-0.25, -0.2) is 9.97 Å². The van der Waals surface area contributed by atoms with Gasteiger partial charge in [0.15, 0.2) is 0 Å². The van der Waals surface area contributed by atoms with Crippen molar-refractivity contribution >= 4 is 0 Å². The molecule has 0 fully saturated rings. The van der Waals surface area contributed by atoms with Crippen LogP contribution in [0.1, 0.15) is 31.0 Å². The molecule has 1 aromatic carbocycles. The molecule has 0 aliphatic rings. The lowest BCUT2D eigenvalue weighted by Gasteiger charge is -2.34. The average Bonchev–Trinajstić information content (AvgIpc) is 2.41. The lowest BCUT2D eigenvalue weighted by Crippen LogP contribution is -2.41. The van der Waals surface area contributed by atoms with Crippen LogP contribution in [0.2, 0.25) is 0 Å². The molecule has 1 atom stereocenters. The smallest absolute Gasteiger partial charge is 0.115 e. The quantitative estimate of drug-likeness (QED) is 0.635. The molecule has 1 unspecified atom stereocenters. The molecule has 3 N–H and O–H groups in total. The Bertz CT molecular complexity index is 482. The molecule has 2 rings (SSSR count). The van der Waals surface area contributed by atoms with Gasteiger partial charge in [-0.2, -0.15) is 0 Å². The fourth-order valence-electron chi connectivity index (χ4n) is 2.22. The Morgan fingerprint density at radius 1 is 1.11 bits per heavy atom. The molecule has 0 spiro atoms. The Hall–Kier alpha value is -1.78. The summed E-state index contributed by atoms with van der Waals surface area (Å²) in [6, 6.07) is 10.2. The highest BCUT2D eigenvalue weighted by Gasteiger charge is 2.32. The summed E-state index contributed by atoms with van der Waals surface area (Å²) < 4.78 is 0. The summed E-state index contributed by atoms with van der Waals surface area (Å²) in [6.45, 7) is 4.31. The first-order chi connectivity index (χ1) is 8.66. The second-order valence-corrected chi connectivity index (χ2v) is 4.86. The van der Waals surface area contributed by atoms with E-state index in [9.17, 15) is 0 Å². The van der Waals surface area contributed by atoms with Crippen LogP contribution >= 0.6 is 0 Å². The highest BCUT2D eigenvalue weighted by molar-refractivity contribution is 5.29. The lowest BCUT2D eigenvalue weighted by molar-refractivity contribution is 0.351. The zero-order valence-electron chi connectivity index (χ0n) is 10.7. The van der Waals surface area contributed by atoms with E-state index in [1.54, 1.807) is 12.4 Å². The van der Waals surface area contributed by atoms with Crippen LogP contribution in [0.25, 0.3) is 0 Å². The summed E-state index contributed by atoms with van der Waals surface area (Å²) in [4.78, 5) is 8.11. The number of nitrogens with zero attached hydrogens (tertiary/aromatic N) is 2. The number of hydrogen-bond donors (Lipinski definition) is 2. The molecule has 1 heterocycles. The van der Waals surface area contributed by atoms with Gasteiger partial charge in [-0.05, 0) is 5.56 Å². The molecular formula is C14H18N4. The fraction of sp³-hybridized carbons (Fsp3) is 0.286. The zero-order chi connectivity index (χ0) is 13.0. The normalized spacial score (nSPS) is 13.3. The molecular weight excluding hydrogens is 224 g/mol. The van der Waals surface area contributed by atoms with Crippen molar-refractivity contribution in [3.05, 3.63) is 60.2 Å². The highest BCUT2D eigenvalue weighted by Crippen LogP contribution is 2.35. The Kier molecular flexibility index (Phi) is 3.69. The molecule has 18 heavy (non-hydrogen) atoms. The first kappa shape index (κ1) is 12.7. The van der Waals surface area contributed by atoms with E-state index >= 15 is 0 Å². The van der Waals surface area contributed by atoms with Crippen LogP contribution in [0.5, 0.6) is 0 Å². The maximum Gasteiger partial charge on any atom is 0.115 e. The number of hydrogen-bond acceptors (Lipinski definition) is 4. The molecule has 4 heteroatoms. The van der Waals surface area contributed by atoms with Crippen LogP contribution in [0.15, 0.2) is 49.1 Å². The maximum atomic E-state index is 5.72. The van der Waals surface area contributed by atoms with Crippen LogP contribution in [0.3, 0.4) is 0 Å². The van der Waals surface area contributed by atoms with Gasteiger partial charge in [-0.15, -0.1) is 0 Å². The predicted molar refractivity (Wildman–Crippen MR) is 71.6 cm³/mol. The van der Waals surface area contributed by atoms with Gasteiger partial charge in [-0.3, -0.25) is 11.3 Å². The molecule has 0 saturated heterocycles. The number of hydrazine groups is 1. The van der Waals surface area contributed by atoms with Gasteiger partial charge in [0.2, 0.25) is 0 Å². The Balaban J connectivity index is 2.38. The maximum absolute atomic E-state index is 5.72. The van der Waals surface area contributed by atoms with Gasteiger partial charge in [-0.1, -0.05) is 44.2 Å². The monoisotopic (exact) mass is 242 g/mol.